The van der Waals surface area contributed by atoms with Crippen molar-refractivity contribution in [1.29, 1.82) is 0 Å². The van der Waals surface area contributed by atoms with Gasteiger partial charge in [-0.2, -0.15) is 0 Å². The van der Waals surface area contributed by atoms with Crippen LogP contribution in [0.25, 0.3) is 0 Å². The molecule has 3 nitrogen and oxygen atoms in total. The van der Waals surface area contributed by atoms with Crippen LogP contribution in [0, 0.1) is 17.8 Å². The third-order valence-electron chi connectivity index (χ3n) is 2.55. The van der Waals surface area contributed by atoms with Gasteiger partial charge in [0, 0.05) is 11.8 Å². The zero-order chi connectivity index (χ0) is 13.1. The summed E-state index contributed by atoms with van der Waals surface area (Å²) in [5.41, 5.74) is -0.494. The molecule has 0 bridgehead atoms. The number of Topliss-reactive ketones (excluding diaryl/α,β-unsaturated/α-hetero) is 1. The molecule has 0 aliphatic heterocycles. The summed E-state index contributed by atoms with van der Waals surface area (Å²) < 4.78 is 5.26. The molecule has 0 radical (unpaired) electrons. The van der Waals surface area contributed by atoms with E-state index < -0.39 is 5.60 Å². The zero-order valence-electron chi connectivity index (χ0n) is 11.5. The minimum Gasteiger partial charge on any atom is -0.460 e. The Morgan fingerprint density at radius 1 is 0.938 bits per heavy atom. The number of hydrogen-bond donors (Lipinski definition) is 0. The maximum Gasteiger partial charge on any atom is 0.309 e. The maximum atomic E-state index is 11.8. The Morgan fingerprint density at radius 3 is 1.69 bits per heavy atom. The topological polar surface area (TPSA) is 43.4 Å². The van der Waals surface area contributed by atoms with Crippen LogP contribution in [-0.2, 0) is 14.3 Å². The van der Waals surface area contributed by atoms with E-state index in [-0.39, 0.29) is 29.5 Å². The average molecular weight is 228 g/mol. The number of esters is 1. The Morgan fingerprint density at radius 2 is 1.38 bits per heavy atom. The lowest BCUT2D eigenvalue weighted by atomic mass is 9.87. The average Bonchev–Trinajstić information content (AvgIpc) is 2.11. The van der Waals surface area contributed by atoms with E-state index in [0.29, 0.717) is 0 Å². The lowest BCUT2D eigenvalue weighted by Crippen LogP contribution is -2.34. The van der Waals surface area contributed by atoms with Crippen molar-refractivity contribution in [3.05, 3.63) is 0 Å². The summed E-state index contributed by atoms with van der Waals surface area (Å²) in [4.78, 5) is 23.5. The number of carbonyl (C=O) groups is 2. The van der Waals surface area contributed by atoms with E-state index in [4.69, 9.17) is 4.74 Å². The molecule has 0 aliphatic rings. The van der Waals surface area contributed by atoms with Gasteiger partial charge >= 0.3 is 5.97 Å². The molecule has 0 spiro atoms. The predicted molar refractivity (Wildman–Crippen MR) is 64.0 cm³/mol. The highest BCUT2D eigenvalue weighted by atomic mass is 16.6. The first-order valence-corrected chi connectivity index (χ1v) is 5.83. The molecule has 0 rings (SSSR count). The standard InChI is InChI=1S/C13H24O3/c1-8(2)11(14)9(3)10(4)12(15)16-13(5,6)7/h8-10H,1-7H3/t9-,10+/m1/s1. The Labute approximate surface area is 98.6 Å². The molecule has 2 atom stereocenters. The fraction of sp³-hybridized carbons (Fsp3) is 0.846. The number of ether oxygens (including phenoxy) is 1. The second kappa shape index (κ2) is 5.46. The molecule has 0 unspecified atom stereocenters. The van der Waals surface area contributed by atoms with Crippen LogP contribution in [0.1, 0.15) is 48.5 Å². The largest absolute Gasteiger partial charge is 0.460 e. The molecule has 0 saturated heterocycles. The minimum absolute atomic E-state index is 0.0418. The van der Waals surface area contributed by atoms with Gasteiger partial charge in [0.15, 0.2) is 0 Å². The van der Waals surface area contributed by atoms with Crippen LogP contribution in [0.4, 0.5) is 0 Å². The lowest BCUT2D eigenvalue weighted by molar-refractivity contribution is -0.162. The molecule has 0 amide bonds. The summed E-state index contributed by atoms with van der Waals surface area (Å²) in [6, 6.07) is 0. The van der Waals surface area contributed by atoms with E-state index in [1.807, 2.05) is 34.6 Å². The van der Waals surface area contributed by atoms with Gasteiger partial charge in [0.2, 0.25) is 0 Å². The van der Waals surface area contributed by atoms with Crippen molar-refractivity contribution >= 4 is 11.8 Å². The molecule has 0 aromatic rings. The quantitative estimate of drug-likeness (QED) is 0.695. The fourth-order valence-corrected chi connectivity index (χ4v) is 1.37. The van der Waals surface area contributed by atoms with Gasteiger partial charge in [-0.05, 0) is 20.8 Å². The van der Waals surface area contributed by atoms with Crippen molar-refractivity contribution in [2.75, 3.05) is 0 Å². The molecule has 0 saturated carbocycles. The smallest absolute Gasteiger partial charge is 0.309 e. The Hall–Kier alpha value is -0.860. The van der Waals surface area contributed by atoms with Gasteiger partial charge < -0.3 is 4.74 Å². The third kappa shape index (κ3) is 4.77. The van der Waals surface area contributed by atoms with Gasteiger partial charge in [0.25, 0.3) is 0 Å². The van der Waals surface area contributed by atoms with Crippen molar-refractivity contribution in [2.45, 2.75) is 54.1 Å². The highest BCUT2D eigenvalue weighted by Crippen LogP contribution is 2.20. The van der Waals surface area contributed by atoms with E-state index in [9.17, 15) is 9.59 Å². The van der Waals surface area contributed by atoms with Gasteiger partial charge in [-0.15, -0.1) is 0 Å². The monoisotopic (exact) mass is 228 g/mol. The second-order valence-electron chi connectivity index (χ2n) is 5.67. The molecule has 0 fully saturated rings. The number of hydrogen-bond acceptors (Lipinski definition) is 3. The fourth-order valence-electron chi connectivity index (χ4n) is 1.37. The molecule has 0 N–H and O–H groups in total. The summed E-state index contributed by atoms with van der Waals surface area (Å²) in [6.45, 7) is 12.7. The van der Waals surface area contributed by atoms with Crippen LogP contribution in [0.3, 0.4) is 0 Å². The maximum absolute atomic E-state index is 11.8. The summed E-state index contributed by atoms with van der Waals surface area (Å²) in [5, 5.41) is 0. The zero-order valence-corrected chi connectivity index (χ0v) is 11.5. The highest BCUT2D eigenvalue weighted by molar-refractivity contribution is 5.87. The Kier molecular flexibility index (Phi) is 5.17. The normalized spacial score (nSPS) is 15.8. The van der Waals surface area contributed by atoms with E-state index in [1.165, 1.54) is 0 Å². The van der Waals surface area contributed by atoms with Crippen molar-refractivity contribution in [3.63, 3.8) is 0 Å². The Balaban J connectivity index is 4.50. The van der Waals surface area contributed by atoms with E-state index in [2.05, 4.69) is 0 Å². The molecular formula is C13H24O3. The predicted octanol–water partition coefficient (Wildman–Crippen LogP) is 2.83. The molecular weight excluding hydrogens is 204 g/mol. The molecule has 16 heavy (non-hydrogen) atoms. The van der Waals surface area contributed by atoms with Gasteiger partial charge in [-0.25, -0.2) is 0 Å². The molecule has 94 valence electrons. The summed E-state index contributed by atoms with van der Waals surface area (Å²) >= 11 is 0. The first-order valence-electron chi connectivity index (χ1n) is 5.83. The highest BCUT2D eigenvalue weighted by Gasteiger charge is 2.30. The van der Waals surface area contributed by atoms with Crippen LogP contribution in [0.5, 0.6) is 0 Å². The minimum atomic E-state index is -0.494. The van der Waals surface area contributed by atoms with Gasteiger partial charge in [0.05, 0.1) is 5.92 Å². The van der Waals surface area contributed by atoms with Crippen LogP contribution in [0.2, 0.25) is 0 Å². The van der Waals surface area contributed by atoms with Crippen LogP contribution < -0.4 is 0 Å². The first-order chi connectivity index (χ1) is 7.06. The SMILES string of the molecule is CC(C)C(=O)[C@H](C)[C@H](C)C(=O)OC(C)(C)C. The number of rotatable bonds is 4. The van der Waals surface area contributed by atoms with E-state index >= 15 is 0 Å². The van der Waals surface area contributed by atoms with Gasteiger partial charge in [-0.3, -0.25) is 9.59 Å². The molecule has 3 heteroatoms. The first kappa shape index (κ1) is 15.1. The summed E-state index contributed by atoms with van der Waals surface area (Å²) in [5.74, 6) is -0.892. The van der Waals surface area contributed by atoms with Crippen molar-refractivity contribution in [3.8, 4) is 0 Å². The van der Waals surface area contributed by atoms with Gasteiger partial charge in [-0.1, -0.05) is 27.7 Å². The second-order valence-corrected chi connectivity index (χ2v) is 5.67. The van der Waals surface area contributed by atoms with Crippen molar-refractivity contribution in [2.24, 2.45) is 17.8 Å². The summed E-state index contributed by atoms with van der Waals surface area (Å²) in [6.07, 6.45) is 0. The van der Waals surface area contributed by atoms with Gasteiger partial charge in [0.1, 0.15) is 11.4 Å². The molecule has 0 aromatic heterocycles. The lowest BCUT2D eigenvalue weighted by Gasteiger charge is -2.25. The van der Waals surface area contributed by atoms with Crippen molar-refractivity contribution in [1.82, 2.24) is 0 Å². The Bertz CT molecular complexity index is 261. The number of carbonyl (C=O) groups excluding carboxylic acids is 2. The van der Waals surface area contributed by atoms with E-state index in [0.717, 1.165) is 0 Å². The van der Waals surface area contributed by atoms with Crippen molar-refractivity contribution < 1.29 is 14.3 Å². The van der Waals surface area contributed by atoms with Crippen LogP contribution in [-0.4, -0.2) is 17.4 Å². The molecule has 0 aliphatic carbocycles. The summed E-state index contributed by atoms with van der Waals surface area (Å²) in [7, 11) is 0. The third-order valence-corrected chi connectivity index (χ3v) is 2.55. The molecule has 0 heterocycles. The number of ketones is 1. The van der Waals surface area contributed by atoms with E-state index in [1.54, 1.807) is 13.8 Å². The van der Waals surface area contributed by atoms with Crippen LogP contribution >= 0.6 is 0 Å². The molecule has 0 aromatic carbocycles. The van der Waals surface area contributed by atoms with Crippen LogP contribution in [0.15, 0.2) is 0 Å².